The van der Waals surface area contributed by atoms with Crippen molar-refractivity contribution >= 4 is 11.5 Å². The summed E-state index contributed by atoms with van der Waals surface area (Å²) in [5.74, 6) is 0.768. The van der Waals surface area contributed by atoms with Crippen molar-refractivity contribution in [3.8, 4) is 5.75 Å². The first-order chi connectivity index (χ1) is 9.47. The van der Waals surface area contributed by atoms with Crippen molar-refractivity contribution < 1.29 is 9.53 Å². The molecule has 104 valence electrons. The SMILES string of the molecule is Cc1cc(N)ccc1C(=O)c1ccc(OC(C)C)cc1. The Morgan fingerprint density at radius 1 is 1.10 bits per heavy atom. The zero-order valence-corrected chi connectivity index (χ0v) is 12.0. The molecule has 0 bridgehead atoms. The summed E-state index contributed by atoms with van der Waals surface area (Å²) in [6.45, 7) is 5.83. The van der Waals surface area contributed by atoms with Gasteiger partial charge in [0.1, 0.15) is 5.75 Å². The van der Waals surface area contributed by atoms with Gasteiger partial charge in [0.15, 0.2) is 5.78 Å². The van der Waals surface area contributed by atoms with Crippen LogP contribution in [0.2, 0.25) is 0 Å². The van der Waals surface area contributed by atoms with Gasteiger partial charge < -0.3 is 10.5 Å². The fourth-order valence-corrected chi connectivity index (χ4v) is 2.05. The summed E-state index contributed by atoms with van der Waals surface area (Å²) in [7, 11) is 0. The molecule has 0 heterocycles. The Morgan fingerprint density at radius 2 is 1.75 bits per heavy atom. The summed E-state index contributed by atoms with van der Waals surface area (Å²) < 4.78 is 5.57. The lowest BCUT2D eigenvalue weighted by Gasteiger charge is -2.10. The number of ketones is 1. The lowest BCUT2D eigenvalue weighted by molar-refractivity contribution is 0.103. The van der Waals surface area contributed by atoms with Crippen LogP contribution in [0.25, 0.3) is 0 Å². The van der Waals surface area contributed by atoms with Crippen LogP contribution in [0.5, 0.6) is 5.75 Å². The Labute approximate surface area is 119 Å². The van der Waals surface area contributed by atoms with Gasteiger partial charge >= 0.3 is 0 Å². The van der Waals surface area contributed by atoms with Crippen LogP contribution in [0.15, 0.2) is 42.5 Å². The van der Waals surface area contributed by atoms with E-state index in [9.17, 15) is 4.79 Å². The molecular formula is C17H19NO2. The predicted octanol–water partition coefficient (Wildman–Crippen LogP) is 3.60. The van der Waals surface area contributed by atoms with Crippen molar-refractivity contribution in [1.82, 2.24) is 0 Å². The monoisotopic (exact) mass is 269 g/mol. The van der Waals surface area contributed by atoms with Crippen LogP contribution in [0.4, 0.5) is 5.69 Å². The second-order valence-electron chi connectivity index (χ2n) is 5.09. The van der Waals surface area contributed by atoms with Crippen LogP contribution in [0, 0.1) is 6.92 Å². The third-order valence-electron chi connectivity index (χ3n) is 2.98. The number of anilines is 1. The number of rotatable bonds is 4. The van der Waals surface area contributed by atoms with E-state index in [0.717, 1.165) is 11.3 Å². The summed E-state index contributed by atoms with van der Waals surface area (Å²) in [6, 6.07) is 12.5. The summed E-state index contributed by atoms with van der Waals surface area (Å²) in [4.78, 5) is 12.4. The van der Waals surface area contributed by atoms with Crippen molar-refractivity contribution in [2.24, 2.45) is 0 Å². The summed E-state index contributed by atoms with van der Waals surface area (Å²) in [6.07, 6.45) is 0.121. The number of nitrogens with two attached hydrogens (primary N) is 1. The molecule has 2 rings (SSSR count). The van der Waals surface area contributed by atoms with E-state index in [-0.39, 0.29) is 11.9 Å². The van der Waals surface area contributed by atoms with Gasteiger partial charge in [0.2, 0.25) is 0 Å². The standard InChI is InChI=1S/C17H19NO2/c1-11(2)20-15-7-4-13(5-8-15)17(19)16-9-6-14(18)10-12(16)3/h4-11H,18H2,1-3H3. The number of hydrogen-bond acceptors (Lipinski definition) is 3. The normalized spacial score (nSPS) is 10.6. The van der Waals surface area contributed by atoms with Crippen LogP contribution in [0.1, 0.15) is 35.3 Å². The van der Waals surface area contributed by atoms with E-state index in [1.807, 2.05) is 39.0 Å². The largest absolute Gasteiger partial charge is 0.491 e. The average molecular weight is 269 g/mol. The van der Waals surface area contributed by atoms with Gasteiger partial charge in [-0.3, -0.25) is 4.79 Å². The van der Waals surface area contributed by atoms with Crippen molar-refractivity contribution in [2.45, 2.75) is 26.9 Å². The highest BCUT2D eigenvalue weighted by molar-refractivity contribution is 6.10. The minimum Gasteiger partial charge on any atom is -0.491 e. The van der Waals surface area contributed by atoms with E-state index < -0.39 is 0 Å². The third kappa shape index (κ3) is 3.18. The molecule has 0 spiro atoms. The summed E-state index contributed by atoms with van der Waals surface area (Å²) in [5, 5.41) is 0. The average Bonchev–Trinajstić information content (AvgIpc) is 2.38. The van der Waals surface area contributed by atoms with E-state index >= 15 is 0 Å². The Hall–Kier alpha value is -2.29. The van der Waals surface area contributed by atoms with E-state index in [0.29, 0.717) is 16.8 Å². The molecule has 3 heteroatoms. The minimum atomic E-state index is -0.00130. The second-order valence-corrected chi connectivity index (χ2v) is 5.09. The summed E-state index contributed by atoms with van der Waals surface area (Å²) >= 11 is 0. The Bertz CT molecular complexity index is 615. The molecule has 0 radical (unpaired) electrons. The zero-order valence-electron chi connectivity index (χ0n) is 12.0. The molecule has 0 aromatic heterocycles. The molecule has 0 unspecified atom stereocenters. The van der Waals surface area contributed by atoms with Crippen molar-refractivity contribution in [3.63, 3.8) is 0 Å². The first kappa shape index (κ1) is 14.1. The van der Waals surface area contributed by atoms with Crippen LogP contribution >= 0.6 is 0 Å². The fraction of sp³-hybridized carbons (Fsp3) is 0.235. The molecule has 2 aromatic rings. The van der Waals surface area contributed by atoms with Crippen LogP contribution in [-0.2, 0) is 0 Å². The van der Waals surface area contributed by atoms with E-state index in [2.05, 4.69) is 0 Å². The minimum absolute atomic E-state index is 0.00130. The van der Waals surface area contributed by atoms with E-state index in [1.54, 1.807) is 24.3 Å². The van der Waals surface area contributed by atoms with E-state index in [1.165, 1.54) is 0 Å². The molecule has 0 aliphatic carbocycles. The van der Waals surface area contributed by atoms with Gasteiger partial charge in [-0.05, 0) is 68.8 Å². The lowest BCUT2D eigenvalue weighted by Crippen LogP contribution is -2.07. The maximum Gasteiger partial charge on any atom is 0.193 e. The number of ether oxygens (including phenoxy) is 1. The van der Waals surface area contributed by atoms with Gasteiger partial charge in [-0.15, -0.1) is 0 Å². The smallest absolute Gasteiger partial charge is 0.193 e. The molecule has 2 N–H and O–H groups in total. The van der Waals surface area contributed by atoms with Crippen molar-refractivity contribution in [2.75, 3.05) is 5.73 Å². The highest BCUT2D eigenvalue weighted by Crippen LogP contribution is 2.19. The number of carbonyl (C=O) groups excluding carboxylic acids is 1. The molecule has 0 fully saturated rings. The summed E-state index contributed by atoms with van der Waals surface area (Å²) in [5.41, 5.74) is 8.58. The molecule has 0 amide bonds. The van der Waals surface area contributed by atoms with Gasteiger partial charge in [-0.2, -0.15) is 0 Å². The Morgan fingerprint density at radius 3 is 2.30 bits per heavy atom. The van der Waals surface area contributed by atoms with Gasteiger partial charge in [0.05, 0.1) is 6.10 Å². The van der Waals surface area contributed by atoms with Crippen molar-refractivity contribution in [3.05, 3.63) is 59.2 Å². The highest BCUT2D eigenvalue weighted by atomic mass is 16.5. The number of aryl methyl sites for hydroxylation is 1. The van der Waals surface area contributed by atoms with Gasteiger partial charge in [0, 0.05) is 16.8 Å². The maximum absolute atomic E-state index is 12.4. The van der Waals surface area contributed by atoms with E-state index in [4.69, 9.17) is 10.5 Å². The lowest BCUT2D eigenvalue weighted by atomic mass is 9.98. The Kier molecular flexibility index (Phi) is 4.08. The molecular weight excluding hydrogens is 250 g/mol. The van der Waals surface area contributed by atoms with Crippen molar-refractivity contribution in [1.29, 1.82) is 0 Å². The molecule has 0 saturated carbocycles. The topological polar surface area (TPSA) is 52.3 Å². The molecule has 0 atom stereocenters. The predicted molar refractivity (Wildman–Crippen MR) is 81.2 cm³/mol. The second kappa shape index (κ2) is 5.78. The fourth-order valence-electron chi connectivity index (χ4n) is 2.05. The number of hydrogen-bond donors (Lipinski definition) is 1. The molecule has 0 aliphatic rings. The molecule has 0 saturated heterocycles. The number of benzene rings is 2. The quantitative estimate of drug-likeness (QED) is 0.681. The number of nitrogen functional groups attached to an aromatic ring is 1. The van der Waals surface area contributed by atoms with Gasteiger partial charge in [-0.25, -0.2) is 0 Å². The Balaban J connectivity index is 2.25. The first-order valence-corrected chi connectivity index (χ1v) is 6.65. The molecule has 2 aromatic carbocycles. The molecule has 20 heavy (non-hydrogen) atoms. The number of carbonyl (C=O) groups is 1. The molecule has 0 aliphatic heterocycles. The van der Waals surface area contributed by atoms with Gasteiger partial charge in [0.25, 0.3) is 0 Å². The first-order valence-electron chi connectivity index (χ1n) is 6.65. The highest BCUT2D eigenvalue weighted by Gasteiger charge is 2.12. The van der Waals surface area contributed by atoms with Gasteiger partial charge in [-0.1, -0.05) is 0 Å². The van der Waals surface area contributed by atoms with Crippen LogP contribution in [-0.4, -0.2) is 11.9 Å². The third-order valence-corrected chi connectivity index (χ3v) is 2.98. The van der Waals surface area contributed by atoms with Crippen LogP contribution < -0.4 is 10.5 Å². The van der Waals surface area contributed by atoms with Crippen LogP contribution in [0.3, 0.4) is 0 Å². The zero-order chi connectivity index (χ0) is 14.7. The molecule has 3 nitrogen and oxygen atoms in total. The maximum atomic E-state index is 12.4.